The minimum Gasteiger partial charge on any atom is -0.356 e. The first-order valence-corrected chi connectivity index (χ1v) is 20.5. The Labute approximate surface area is 377 Å². The van der Waals surface area contributed by atoms with Crippen molar-refractivity contribution < 1.29 is 38.4 Å². The maximum atomic E-state index is 13.1. The Morgan fingerprint density at radius 2 is 0.818 bits per heavy atom. The van der Waals surface area contributed by atoms with Crippen molar-refractivity contribution in [2.75, 3.05) is 68.1 Å². The topological polar surface area (TPSA) is 325 Å². The molecule has 0 bridgehead atoms. The number of imidazole rings is 5. The molecule has 5 aromatic heterocycles. The van der Waals surface area contributed by atoms with Crippen molar-refractivity contribution in [1.29, 1.82) is 0 Å². The molecule has 0 saturated carbocycles. The van der Waals surface area contributed by atoms with Crippen LogP contribution < -0.4 is 42.5 Å². The summed E-state index contributed by atoms with van der Waals surface area (Å²) in [5, 5.41) is 20.9. The van der Waals surface area contributed by atoms with Gasteiger partial charge in [-0.05, 0) is 27.1 Å². The number of rotatable bonds is 22. The normalized spacial score (nSPS) is 10.9. The predicted molar refractivity (Wildman–Crippen MR) is 236 cm³/mol. The Bertz CT molecular complexity index is 2600. The van der Waals surface area contributed by atoms with Crippen molar-refractivity contribution >= 4 is 70.5 Å². The Balaban J connectivity index is 1.02. The van der Waals surface area contributed by atoms with Crippen molar-refractivity contribution in [3.8, 4) is 0 Å². The molecular weight excluding hydrogens is 863 g/mol. The fourth-order valence-corrected chi connectivity index (χ4v) is 6.11. The minimum absolute atomic E-state index is 0.00594. The lowest BCUT2D eigenvalue weighted by atomic mass is 10.3. The van der Waals surface area contributed by atoms with Crippen molar-refractivity contribution in [2.24, 2.45) is 35.2 Å². The molecule has 0 spiro atoms. The summed E-state index contributed by atoms with van der Waals surface area (Å²) in [6.45, 7) is 1.41. The van der Waals surface area contributed by atoms with E-state index in [2.05, 4.69) is 67.5 Å². The third-order valence-corrected chi connectivity index (χ3v) is 9.38. The summed E-state index contributed by atoms with van der Waals surface area (Å²) < 4.78 is 7.12. The van der Waals surface area contributed by atoms with E-state index in [-0.39, 0.29) is 97.2 Å². The third-order valence-electron chi connectivity index (χ3n) is 9.38. The van der Waals surface area contributed by atoms with Gasteiger partial charge in [0.2, 0.25) is 41.0 Å². The van der Waals surface area contributed by atoms with E-state index in [1.54, 1.807) is 39.0 Å². The SMILES string of the molecule is CN(C)CCCNC(=O)CCNC(=O)c1nc(NC(=O)c2nc(NC(=O)CCNC(=O)c3nc(NC(=O)c4nc(NC(=O)CCNC(=O)c5nccn5C)cn4C)cn3C)cn2C)cn1C. The summed E-state index contributed by atoms with van der Waals surface area (Å²) in [4.78, 5) is 124. The second kappa shape index (κ2) is 22.4. The molecule has 0 saturated heterocycles. The lowest BCUT2D eigenvalue weighted by Crippen LogP contribution is -2.32. The van der Waals surface area contributed by atoms with Gasteiger partial charge in [-0.25, -0.2) is 24.9 Å². The number of anilines is 4. The fourth-order valence-electron chi connectivity index (χ4n) is 6.11. The zero-order valence-corrected chi connectivity index (χ0v) is 37.5. The molecule has 27 nitrogen and oxygen atoms in total. The quantitative estimate of drug-likeness (QED) is 0.0369. The number of hydrogen-bond acceptors (Lipinski definition) is 14. The molecule has 0 aliphatic heterocycles. The number of nitrogens with zero attached hydrogens (tertiary/aromatic N) is 11. The maximum absolute atomic E-state index is 13.1. The van der Waals surface area contributed by atoms with Gasteiger partial charge in [0.15, 0.2) is 29.1 Å². The summed E-state index contributed by atoms with van der Waals surface area (Å²) in [5.74, 6) is -3.84. The predicted octanol–water partition coefficient (Wildman–Crippen LogP) is -1.44. The molecule has 5 aromatic rings. The molecule has 8 N–H and O–H groups in total. The van der Waals surface area contributed by atoms with E-state index in [0.717, 1.165) is 13.0 Å². The molecule has 0 unspecified atom stereocenters. The van der Waals surface area contributed by atoms with Crippen molar-refractivity contribution in [2.45, 2.75) is 25.7 Å². The first-order valence-electron chi connectivity index (χ1n) is 20.5. The number of nitrogens with one attached hydrogen (secondary N) is 8. The first kappa shape index (κ1) is 48.8. The molecule has 0 aliphatic carbocycles. The Morgan fingerprint density at radius 1 is 0.455 bits per heavy atom. The van der Waals surface area contributed by atoms with E-state index in [4.69, 9.17) is 0 Å². The van der Waals surface area contributed by atoms with Crippen molar-refractivity contribution in [1.82, 2.24) is 73.9 Å². The molecule has 0 aromatic carbocycles. The second-order valence-electron chi connectivity index (χ2n) is 15.1. The van der Waals surface area contributed by atoms with E-state index in [0.29, 0.717) is 6.54 Å². The van der Waals surface area contributed by atoms with Crippen LogP contribution in [-0.2, 0) is 49.6 Å². The van der Waals surface area contributed by atoms with Crippen LogP contribution in [0.25, 0.3) is 0 Å². The van der Waals surface area contributed by atoms with Crippen molar-refractivity contribution in [3.05, 3.63) is 66.3 Å². The van der Waals surface area contributed by atoms with E-state index in [9.17, 15) is 38.4 Å². The standard InChI is InChI=1S/C39H53N19O8/c1-53(2)17-8-12-40-27(59)9-13-43-36(63)31-49-25(21-55(31)4)51-38(65)34-48-24(20-58(34)7)46-29(61)11-15-44-37(64)32-50-26(22-56(32)5)52-39(66)33-47-23(19-57(33)6)45-28(60)10-14-42-35(62)30-41-16-18-54(30)3/h16,18-22H,8-15,17H2,1-7H3,(H,40,59)(H,42,62)(H,43,63)(H,44,64)(H,45,60)(H,46,61)(H,51,65)(H,52,66). The van der Waals surface area contributed by atoms with Gasteiger partial charge in [-0.3, -0.25) is 38.4 Å². The monoisotopic (exact) mass is 915 g/mol. The summed E-state index contributed by atoms with van der Waals surface area (Å²) in [5.41, 5.74) is 0. The van der Waals surface area contributed by atoms with E-state index in [1.807, 2.05) is 19.0 Å². The first-order chi connectivity index (χ1) is 31.4. The van der Waals surface area contributed by atoms with Gasteiger partial charge in [-0.2, -0.15) is 0 Å². The van der Waals surface area contributed by atoms with E-state index < -0.39 is 41.4 Å². The summed E-state index contributed by atoms with van der Waals surface area (Å²) in [6.07, 6.45) is 9.46. The highest BCUT2D eigenvalue weighted by Crippen LogP contribution is 2.14. The fraction of sp³-hybridized carbons (Fsp3) is 0.410. The zero-order chi connectivity index (χ0) is 48.1. The van der Waals surface area contributed by atoms with Crippen LogP contribution in [0.5, 0.6) is 0 Å². The molecule has 66 heavy (non-hydrogen) atoms. The van der Waals surface area contributed by atoms with Crippen LogP contribution in [0.4, 0.5) is 23.3 Å². The number of hydrogen-bond donors (Lipinski definition) is 8. The van der Waals surface area contributed by atoms with Gasteiger partial charge in [0.25, 0.3) is 29.5 Å². The largest absolute Gasteiger partial charge is 0.356 e. The van der Waals surface area contributed by atoms with Crippen LogP contribution in [0.2, 0.25) is 0 Å². The highest BCUT2D eigenvalue weighted by molar-refractivity contribution is 6.03. The zero-order valence-electron chi connectivity index (χ0n) is 37.5. The third kappa shape index (κ3) is 13.6. The summed E-state index contributed by atoms with van der Waals surface area (Å²) in [7, 11) is 11.8. The van der Waals surface area contributed by atoms with Gasteiger partial charge in [0, 0.05) is 118 Å². The average Bonchev–Trinajstić information content (AvgIpc) is 4.08. The molecule has 0 fully saturated rings. The number of aryl methyl sites for hydroxylation is 5. The number of carbonyl (C=O) groups excluding carboxylic acids is 8. The Morgan fingerprint density at radius 3 is 1.20 bits per heavy atom. The van der Waals surface area contributed by atoms with Crippen LogP contribution in [-0.4, -0.2) is 147 Å². The Kier molecular flexibility index (Phi) is 16.6. The van der Waals surface area contributed by atoms with Gasteiger partial charge in [0.05, 0.1) is 0 Å². The summed E-state index contributed by atoms with van der Waals surface area (Å²) in [6, 6.07) is 0. The van der Waals surface area contributed by atoms with Gasteiger partial charge in [-0.15, -0.1) is 0 Å². The van der Waals surface area contributed by atoms with Crippen LogP contribution >= 0.6 is 0 Å². The number of carbonyl (C=O) groups is 8. The smallest absolute Gasteiger partial charge is 0.292 e. The van der Waals surface area contributed by atoms with Crippen LogP contribution in [0.3, 0.4) is 0 Å². The Hall–Kier alpha value is -8.23. The minimum atomic E-state index is -0.676. The molecule has 8 amide bonds. The molecule has 5 heterocycles. The van der Waals surface area contributed by atoms with Crippen molar-refractivity contribution in [3.63, 3.8) is 0 Å². The average molecular weight is 916 g/mol. The van der Waals surface area contributed by atoms with Gasteiger partial charge >= 0.3 is 0 Å². The molecule has 0 atom stereocenters. The highest BCUT2D eigenvalue weighted by Gasteiger charge is 2.22. The van der Waals surface area contributed by atoms with Gasteiger partial charge < -0.3 is 70.3 Å². The van der Waals surface area contributed by atoms with Crippen LogP contribution in [0.15, 0.2) is 37.2 Å². The molecule has 5 rings (SSSR count). The van der Waals surface area contributed by atoms with E-state index >= 15 is 0 Å². The lowest BCUT2D eigenvalue weighted by Gasteiger charge is -2.10. The van der Waals surface area contributed by atoms with Gasteiger partial charge in [0.1, 0.15) is 0 Å². The maximum Gasteiger partial charge on any atom is 0.292 e. The van der Waals surface area contributed by atoms with Gasteiger partial charge in [-0.1, -0.05) is 0 Å². The van der Waals surface area contributed by atoms with Crippen LogP contribution in [0, 0.1) is 0 Å². The second-order valence-corrected chi connectivity index (χ2v) is 15.1. The van der Waals surface area contributed by atoms with Crippen LogP contribution in [0.1, 0.15) is 78.8 Å². The summed E-state index contributed by atoms with van der Waals surface area (Å²) >= 11 is 0. The highest BCUT2D eigenvalue weighted by atomic mass is 16.2. The molecule has 0 radical (unpaired) electrons. The molecule has 27 heteroatoms. The van der Waals surface area contributed by atoms with E-state index in [1.165, 1.54) is 56.3 Å². The number of aromatic nitrogens is 10. The molecular formula is C39H53N19O8. The lowest BCUT2D eigenvalue weighted by molar-refractivity contribution is -0.121. The number of amides is 8. The molecule has 352 valence electrons. The molecule has 0 aliphatic rings.